The van der Waals surface area contributed by atoms with Gasteiger partial charge in [0.05, 0.1) is 5.75 Å². The fraction of sp³-hybridized carbons (Fsp3) is 1.00. The van der Waals surface area contributed by atoms with Crippen LogP contribution < -0.4 is 5.90 Å². The molecule has 0 aromatic carbocycles. The van der Waals surface area contributed by atoms with Crippen LogP contribution in [0.5, 0.6) is 0 Å². The molecule has 0 aromatic heterocycles. The van der Waals surface area contributed by atoms with Crippen LogP contribution in [0.3, 0.4) is 0 Å². The molecular weight excluding hydrogens is 178 g/mol. The van der Waals surface area contributed by atoms with E-state index >= 15 is 0 Å². The van der Waals surface area contributed by atoms with Gasteiger partial charge in [-0.15, -0.1) is 0 Å². The molecule has 12 heavy (non-hydrogen) atoms. The molecule has 2 N–H and O–H groups in total. The Balaban J connectivity index is 3.32. The average Bonchev–Trinajstić information content (AvgIpc) is 2.04. The van der Waals surface area contributed by atoms with Gasteiger partial charge in [0, 0.05) is 0 Å². The van der Waals surface area contributed by atoms with Gasteiger partial charge in [-0.3, -0.25) is 0 Å². The Bertz CT molecular complexity index is 189. The highest BCUT2D eigenvalue weighted by Gasteiger charge is 2.07. The molecule has 0 saturated heterocycles. The van der Waals surface area contributed by atoms with Gasteiger partial charge in [-0.1, -0.05) is 32.6 Å². The number of hydrogen-bond acceptors (Lipinski definition) is 4. The summed E-state index contributed by atoms with van der Waals surface area (Å²) in [7, 11) is -3.43. The largest absolute Gasteiger partial charge is 0.283 e. The molecule has 0 aliphatic heterocycles. The van der Waals surface area contributed by atoms with E-state index in [9.17, 15) is 8.42 Å². The number of rotatable bonds is 7. The summed E-state index contributed by atoms with van der Waals surface area (Å²) in [6.45, 7) is 2.11. The van der Waals surface area contributed by atoms with Crippen LogP contribution in [-0.2, 0) is 14.4 Å². The van der Waals surface area contributed by atoms with E-state index in [0.29, 0.717) is 6.42 Å². The quantitative estimate of drug-likeness (QED) is 0.489. The molecule has 0 aromatic rings. The maximum Gasteiger partial charge on any atom is 0.283 e. The van der Waals surface area contributed by atoms with Crippen molar-refractivity contribution in [2.45, 2.75) is 39.0 Å². The van der Waals surface area contributed by atoms with Crippen LogP contribution in [0.4, 0.5) is 0 Å². The molecule has 0 atom stereocenters. The van der Waals surface area contributed by atoms with Crippen LogP contribution in [0.2, 0.25) is 0 Å². The van der Waals surface area contributed by atoms with Crippen molar-refractivity contribution in [1.82, 2.24) is 0 Å². The normalized spacial score (nSPS) is 11.8. The molecule has 0 spiro atoms. The third-order valence-electron chi connectivity index (χ3n) is 1.64. The summed E-state index contributed by atoms with van der Waals surface area (Å²) in [5.74, 6) is 4.59. The van der Waals surface area contributed by atoms with Crippen molar-refractivity contribution in [3.8, 4) is 0 Å². The zero-order valence-electron chi connectivity index (χ0n) is 7.45. The van der Waals surface area contributed by atoms with Crippen molar-refractivity contribution in [1.29, 1.82) is 0 Å². The predicted molar refractivity (Wildman–Crippen MR) is 47.8 cm³/mol. The topological polar surface area (TPSA) is 69.4 Å². The first-order valence-corrected chi connectivity index (χ1v) is 5.81. The van der Waals surface area contributed by atoms with Gasteiger partial charge in [0.25, 0.3) is 10.1 Å². The minimum Gasteiger partial charge on any atom is -0.198 e. The maximum atomic E-state index is 10.7. The van der Waals surface area contributed by atoms with Crippen LogP contribution in [-0.4, -0.2) is 14.2 Å². The summed E-state index contributed by atoms with van der Waals surface area (Å²) in [6.07, 6.45) is 4.95. The molecule has 0 aliphatic carbocycles. The van der Waals surface area contributed by atoms with Gasteiger partial charge in [0.15, 0.2) is 0 Å². The Morgan fingerprint density at radius 3 is 2.25 bits per heavy atom. The summed E-state index contributed by atoms with van der Waals surface area (Å²) >= 11 is 0. The Kier molecular flexibility index (Phi) is 6.32. The van der Waals surface area contributed by atoms with Crippen molar-refractivity contribution in [2.75, 3.05) is 5.75 Å². The smallest absolute Gasteiger partial charge is 0.198 e. The predicted octanol–water partition coefficient (Wildman–Crippen LogP) is 1.18. The molecule has 0 bridgehead atoms. The lowest BCUT2D eigenvalue weighted by Gasteiger charge is -1.99. The molecular formula is C7H17NO3S. The Morgan fingerprint density at radius 2 is 1.75 bits per heavy atom. The lowest BCUT2D eigenvalue weighted by atomic mass is 10.2. The zero-order chi connectivity index (χ0) is 9.45. The van der Waals surface area contributed by atoms with Gasteiger partial charge in [-0.25, -0.2) is 0 Å². The lowest BCUT2D eigenvalue weighted by molar-refractivity contribution is 0.332. The Morgan fingerprint density at radius 1 is 1.17 bits per heavy atom. The van der Waals surface area contributed by atoms with Crippen LogP contribution in [0.15, 0.2) is 0 Å². The summed E-state index contributed by atoms with van der Waals surface area (Å²) in [6, 6.07) is 0. The summed E-state index contributed by atoms with van der Waals surface area (Å²) in [5, 5.41) is 0. The summed E-state index contributed by atoms with van der Waals surface area (Å²) in [4.78, 5) is 0. The van der Waals surface area contributed by atoms with E-state index < -0.39 is 10.1 Å². The second-order valence-electron chi connectivity index (χ2n) is 2.77. The third-order valence-corrected chi connectivity index (χ3v) is 2.73. The van der Waals surface area contributed by atoms with E-state index in [1.54, 1.807) is 0 Å². The van der Waals surface area contributed by atoms with E-state index in [1.807, 2.05) is 0 Å². The zero-order valence-corrected chi connectivity index (χ0v) is 8.27. The molecule has 0 unspecified atom stereocenters. The first kappa shape index (κ1) is 11.9. The number of unbranched alkanes of at least 4 members (excludes halogenated alkanes) is 4. The molecule has 0 amide bonds. The van der Waals surface area contributed by atoms with E-state index in [4.69, 9.17) is 0 Å². The molecule has 0 heterocycles. The van der Waals surface area contributed by atoms with Crippen molar-refractivity contribution in [3.05, 3.63) is 0 Å². The number of hydrogen-bond donors (Lipinski definition) is 1. The fourth-order valence-electron chi connectivity index (χ4n) is 0.931. The van der Waals surface area contributed by atoms with Crippen molar-refractivity contribution < 1.29 is 12.7 Å². The number of nitrogens with two attached hydrogens (primary N) is 1. The standard InChI is InChI=1S/C7H17NO3S/c1-2-3-4-5-6-7-12(9,10)11-8/h2-8H2,1H3. The van der Waals surface area contributed by atoms with E-state index in [1.165, 1.54) is 0 Å². The highest BCUT2D eigenvalue weighted by atomic mass is 32.2. The molecule has 0 saturated carbocycles. The van der Waals surface area contributed by atoms with Crippen LogP contribution in [0.1, 0.15) is 39.0 Å². The minimum atomic E-state index is -3.43. The monoisotopic (exact) mass is 195 g/mol. The van der Waals surface area contributed by atoms with Gasteiger partial charge in [-0.05, 0) is 6.42 Å². The van der Waals surface area contributed by atoms with E-state index in [0.717, 1.165) is 25.7 Å². The molecule has 4 nitrogen and oxygen atoms in total. The average molecular weight is 195 g/mol. The van der Waals surface area contributed by atoms with Crippen molar-refractivity contribution >= 4 is 10.1 Å². The second-order valence-corrected chi connectivity index (χ2v) is 4.49. The van der Waals surface area contributed by atoms with Gasteiger partial charge in [0.1, 0.15) is 0 Å². The molecule has 0 rings (SSSR count). The van der Waals surface area contributed by atoms with Crippen LogP contribution in [0, 0.1) is 0 Å². The van der Waals surface area contributed by atoms with Gasteiger partial charge in [-0.2, -0.15) is 18.6 Å². The second kappa shape index (κ2) is 6.39. The Labute approximate surface area is 74.2 Å². The minimum absolute atomic E-state index is 0.0349. The highest BCUT2D eigenvalue weighted by Crippen LogP contribution is 2.04. The first-order chi connectivity index (χ1) is 5.62. The SMILES string of the molecule is CCCCCCCS(=O)(=O)ON. The van der Waals surface area contributed by atoms with Crippen molar-refractivity contribution in [3.63, 3.8) is 0 Å². The van der Waals surface area contributed by atoms with Gasteiger partial charge < -0.3 is 0 Å². The lowest BCUT2D eigenvalue weighted by Crippen LogP contribution is -2.14. The maximum absolute atomic E-state index is 10.7. The molecule has 74 valence electrons. The highest BCUT2D eigenvalue weighted by molar-refractivity contribution is 7.86. The van der Waals surface area contributed by atoms with Gasteiger partial charge in [0.2, 0.25) is 0 Å². The van der Waals surface area contributed by atoms with Crippen molar-refractivity contribution in [2.24, 2.45) is 5.90 Å². The first-order valence-electron chi connectivity index (χ1n) is 4.23. The fourth-order valence-corrected chi connectivity index (χ4v) is 1.58. The Hall–Kier alpha value is -0.130. The molecule has 5 heteroatoms. The summed E-state index contributed by atoms with van der Waals surface area (Å²) < 4.78 is 25.2. The van der Waals surface area contributed by atoms with E-state index in [2.05, 4.69) is 17.1 Å². The molecule has 0 aliphatic rings. The van der Waals surface area contributed by atoms with Crippen LogP contribution >= 0.6 is 0 Å². The van der Waals surface area contributed by atoms with E-state index in [-0.39, 0.29) is 5.75 Å². The third kappa shape index (κ3) is 6.57. The molecule has 0 radical (unpaired) electrons. The van der Waals surface area contributed by atoms with Gasteiger partial charge >= 0.3 is 0 Å². The summed E-state index contributed by atoms with van der Waals surface area (Å²) in [5.41, 5.74) is 0. The van der Waals surface area contributed by atoms with Crippen LogP contribution in [0.25, 0.3) is 0 Å². The molecule has 0 fully saturated rings.